The Balaban J connectivity index is 1.95. The van der Waals surface area contributed by atoms with Crippen LogP contribution < -0.4 is 14.4 Å². The largest absolute Gasteiger partial charge is 0.465 e. The Morgan fingerprint density at radius 2 is 1.13 bits per heavy atom. The van der Waals surface area contributed by atoms with Crippen LogP contribution in [0, 0.1) is 6.92 Å². The van der Waals surface area contributed by atoms with Crippen LogP contribution in [0.25, 0.3) is 0 Å². The quantitative estimate of drug-likeness (QED) is 0.0725. The second-order valence-corrected chi connectivity index (χ2v) is 15.2. The van der Waals surface area contributed by atoms with Crippen molar-refractivity contribution in [3.05, 3.63) is 103 Å². The second kappa shape index (κ2) is 15.2. The van der Waals surface area contributed by atoms with Crippen molar-refractivity contribution in [1.29, 1.82) is 0 Å². The van der Waals surface area contributed by atoms with E-state index in [0.29, 0.717) is 24.7 Å². The van der Waals surface area contributed by atoms with E-state index >= 15 is 0 Å². The summed E-state index contributed by atoms with van der Waals surface area (Å²) in [5.41, 5.74) is 1.88. The Bertz CT molecular complexity index is 1570. The molecular weight excluding hydrogens is 611 g/mol. The molecule has 2 unspecified atom stereocenters. The first-order chi connectivity index (χ1) is 21.5. The standard InChI is InChI=1S/C35H43NO7S2/c1-8-39-27(4)41-30-15-21-32(22-16-30)44(35-12-10-11-29(25-35)36(6)7,43-45(37,38)34-19-13-26(3)14-20-34)33-23-17-31(18-24-33)42-28(5)40-9-2/h10-25,27-28H,8-9H2,1-7H3/p+1. The van der Waals surface area contributed by atoms with Gasteiger partial charge in [0.25, 0.3) is 0 Å². The van der Waals surface area contributed by atoms with Crippen molar-refractivity contribution < 1.29 is 31.0 Å². The Labute approximate surface area is 269 Å². The lowest BCUT2D eigenvalue weighted by atomic mass is 10.2. The third-order valence-corrected chi connectivity index (χ3v) is 12.3. The average molecular weight is 655 g/mol. The summed E-state index contributed by atoms with van der Waals surface area (Å²) >= 11 is 0. The molecule has 0 saturated heterocycles. The number of nitrogens with zero attached hydrogens (tertiary/aromatic N) is 1. The Hall–Kier alpha value is -3.54. The molecule has 0 heterocycles. The first-order valence-electron chi connectivity index (χ1n) is 14.9. The molecule has 4 aromatic carbocycles. The van der Waals surface area contributed by atoms with Gasteiger partial charge in [0.1, 0.15) is 16.4 Å². The minimum absolute atomic E-state index is 0.129. The van der Waals surface area contributed by atoms with E-state index in [1.54, 1.807) is 24.3 Å². The molecule has 0 radical (unpaired) electrons. The maximum atomic E-state index is 14.2. The van der Waals surface area contributed by atoms with Crippen LogP contribution in [0.5, 0.6) is 11.5 Å². The first-order valence-corrected chi connectivity index (χ1v) is 17.9. The third kappa shape index (κ3) is 8.39. The van der Waals surface area contributed by atoms with Crippen LogP contribution in [-0.4, -0.2) is 51.9 Å². The summed E-state index contributed by atoms with van der Waals surface area (Å²) in [6.07, 6.45) is -0.874. The number of hydrogen-bond acceptors (Lipinski definition) is 7. The monoisotopic (exact) mass is 654 g/mol. The third-order valence-electron chi connectivity index (χ3n) is 6.94. The zero-order valence-electron chi connectivity index (χ0n) is 27.0. The van der Waals surface area contributed by atoms with Gasteiger partial charge in [-0.1, -0.05) is 23.8 Å². The topological polar surface area (TPSA) is 87.1 Å². The van der Waals surface area contributed by atoms with Gasteiger partial charge in [0.05, 0.1) is 25.0 Å². The second-order valence-electron chi connectivity index (χ2n) is 10.6. The van der Waals surface area contributed by atoms with Crippen molar-refractivity contribution in [3.63, 3.8) is 0 Å². The van der Waals surface area contributed by atoms with Gasteiger partial charge < -0.3 is 23.8 Å². The van der Waals surface area contributed by atoms with Crippen LogP contribution in [0.15, 0.2) is 117 Å². The number of hydrogen-bond donors (Lipinski definition) is 0. The average Bonchev–Trinajstić information content (AvgIpc) is 3.01. The van der Waals surface area contributed by atoms with E-state index in [9.17, 15) is 8.42 Å². The number of rotatable bonds is 15. The van der Waals surface area contributed by atoms with E-state index in [0.717, 1.165) is 25.9 Å². The molecule has 45 heavy (non-hydrogen) atoms. The Morgan fingerprint density at radius 1 is 0.667 bits per heavy atom. The summed E-state index contributed by atoms with van der Waals surface area (Å²) in [4.78, 5) is 4.32. The van der Waals surface area contributed by atoms with Gasteiger partial charge in [0.2, 0.25) is 0 Å². The van der Waals surface area contributed by atoms with Gasteiger partial charge in [-0.3, -0.25) is 3.63 Å². The number of aryl methyl sites for hydroxylation is 1. The van der Waals surface area contributed by atoms with Crippen molar-refractivity contribution in [2.45, 2.75) is 66.8 Å². The molecule has 0 amide bonds. The Morgan fingerprint density at radius 3 is 1.58 bits per heavy atom. The van der Waals surface area contributed by atoms with Gasteiger partial charge in [-0.15, -0.1) is 8.42 Å². The smallest absolute Gasteiger partial charge is 0.422 e. The van der Waals surface area contributed by atoms with Gasteiger partial charge in [-0.2, -0.15) is 0 Å². The van der Waals surface area contributed by atoms with Gasteiger partial charge in [0, 0.05) is 33.0 Å². The van der Waals surface area contributed by atoms with Crippen molar-refractivity contribution in [1.82, 2.24) is 0 Å². The fourth-order valence-corrected chi connectivity index (χ4v) is 10.2. The number of anilines is 1. The molecule has 10 heteroatoms. The molecule has 2 atom stereocenters. The number of benzene rings is 4. The summed E-state index contributed by atoms with van der Waals surface area (Å²) in [6, 6.07) is 29.5. The van der Waals surface area contributed by atoms with Gasteiger partial charge >= 0.3 is 10.1 Å². The highest BCUT2D eigenvalue weighted by atomic mass is 32.3. The lowest BCUT2D eigenvalue weighted by Crippen LogP contribution is -2.20. The van der Waals surface area contributed by atoms with E-state index in [1.807, 2.05) is 126 Å². The van der Waals surface area contributed by atoms with Crippen LogP contribution in [-0.2, 0) is 19.6 Å². The molecule has 0 aromatic heterocycles. The Kier molecular flexibility index (Phi) is 11.6. The summed E-state index contributed by atoms with van der Waals surface area (Å²) in [5.74, 6) is 1.20. The fraction of sp³-hybridized carbons (Fsp3) is 0.314. The van der Waals surface area contributed by atoms with Crippen LogP contribution in [0.3, 0.4) is 0 Å². The molecule has 0 aliphatic rings. The van der Waals surface area contributed by atoms with Crippen molar-refractivity contribution in [3.8, 4) is 11.5 Å². The highest BCUT2D eigenvalue weighted by molar-refractivity contribution is 8.32. The van der Waals surface area contributed by atoms with Crippen LogP contribution in [0.2, 0.25) is 0 Å². The molecule has 0 bridgehead atoms. The normalized spacial score (nSPS) is 15.0. The molecule has 0 aliphatic carbocycles. The molecule has 4 aromatic rings. The van der Waals surface area contributed by atoms with Crippen LogP contribution in [0.4, 0.5) is 5.69 Å². The van der Waals surface area contributed by atoms with E-state index < -0.39 is 33.0 Å². The predicted octanol–water partition coefficient (Wildman–Crippen LogP) is 8.26. The molecule has 0 aliphatic heterocycles. The van der Waals surface area contributed by atoms with Crippen molar-refractivity contribution >= 4 is 26.1 Å². The summed E-state index contributed by atoms with van der Waals surface area (Å²) in [7, 11) is -3.01. The molecule has 242 valence electrons. The molecule has 4 rings (SSSR count). The lowest BCUT2D eigenvalue weighted by Gasteiger charge is -2.35. The molecular formula is C35H44NO7S2+. The molecule has 0 spiro atoms. The molecule has 1 N–H and O–H groups in total. The minimum atomic E-state index is -4.14. The summed E-state index contributed by atoms with van der Waals surface area (Å²) in [5, 5.41) is 0. The molecule has 0 saturated carbocycles. The SMILES string of the molecule is CCOC(C)Oc1ccc(S([OH+]S(=O)(=O)c2ccc(C)cc2)(c2ccc(OC(C)OCC)cc2)c2cccc(N(C)C)c2)cc1. The maximum absolute atomic E-state index is 14.2. The highest BCUT2D eigenvalue weighted by Gasteiger charge is 2.44. The van der Waals surface area contributed by atoms with Gasteiger partial charge in [0.15, 0.2) is 12.6 Å². The highest BCUT2D eigenvalue weighted by Crippen LogP contribution is 2.69. The van der Waals surface area contributed by atoms with E-state index in [4.69, 9.17) is 22.6 Å². The van der Waals surface area contributed by atoms with Crippen molar-refractivity contribution in [2.75, 3.05) is 32.2 Å². The lowest BCUT2D eigenvalue weighted by molar-refractivity contribution is -0.0616. The van der Waals surface area contributed by atoms with Gasteiger partial charge in [-0.25, -0.2) is 0 Å². The zero-order chi connectivity index (χ0) is 32.6. The minimum Gasteiger partial charge on any atom is -0.465 e. The maximum Gasteiger partial charge on any atom is 0.422 e. The summed E-state index contributed by atoms with van der Waals surface area (Å²) < 4.78 is 56.3. The van der Waals surface area contributed by atoms with E-state index in [1.165, 1.54) is 0 Å². The first kappa shape index (κ1) is 34.3. The van der Waals surface area contributed by atoms with Gasteiger partial charge in [-0.05, 0) is 113 Å². The predicted molar refractivity (Wildman–Crippen MR) is 180 cm³/mol. The zero-order valence-corrected chi connectivity index (χ0v) is 28.6. The molecule has 8 nitrogen and oxygen atoms in total. The fourth-order valence-electron chi connectivity index (χ4n) is 4.73. The van der Waals surface area contributed by atoms with Crippen molar-refractivity contribution in [2.24, 2.45) is 0 Å². The van der Waals surface area contributed by atoms with Crippen LogP contribution in [0.1, 0.15) is 33.3 Å². The van der Waals surface area contributed by atoms with E-state index in [-0.39, 0.29) is 4.90 Å². The summed E-state index contributed by atoms with van der Waals surface area (Å²) in [6.45, 7) is 10.4. The molecule has 0 fully saturated rings. The van der Waals surface area contributed by atoms with E-state index in [2.05, 4.69) is 0 Å². The number of ether oxygens (including phenoxy) is 4. The van der Waals surface area contributed by atoms with Crippen LogP contribution >= 0.6 is 10.3 Å².